The van der Waals surface area contributed by atoms with Gasteiger partial charge in [-0.05, 0) is 24.6 Å². The number of hydrogen-bond acceptors (Lipinski definition) is 4. The summed E-state index contributed by atoms with van der Waals surface area (Å²) in [6.07, 6.45) is 4.73. The van der Waals surface area contributed by atoms with Gasteiger partial charge < -0.3 is 15.8 Å². The highest BCUT2D eigenvalue weighted by atomic mass is 16.5. The molecule has 0 radical (unpaired) electrons. The lowest BCUT2D eigenvalue weighted by Gasteiger charge is -2.12. The molecule has 1 aromatic carbocycles. The molecule has 0 atom stereocenters. The number of nitrogens with two attached hydrogens (primary N) is 1. The van der Waals surface area contributed by atoms with Crippen molar-refractivity contribution in [3.8, 4) is 5.75 Å². The molecule has 0 spiro atoms. The first-order valence-electron chi connectivity index (χ1n) is 5.95. The van der Waals surface area contributed by atoms with Crippen LogP contribution in [0.2, 0.25) is 0 Å². The van der Waals surface area contributed by atoms with Gasteiger partial charge in [0, 0.05) is 25.5 Å². The van der Waals surface area contributed by atoms with Crippen LogP contribution in [0.25, 0.3) is 0 Å². The molecule has 1 heterocycles. The Morgan fingerprint density at radius 2 is 2.28 bits per heavy atom. The number of aromatic nitrogens is 2. The zero-order valence-electron chi connectivity index (χ0n) is 10.5. The van der Waals surface area contributed by atoms with Gasteiger partial charge in [-0.25, -0.2) is 0 Å². The van der Waals surface area contributed by atoms with Gasteiger partial charge in [-0.2, -0.15) is 5.10 Å². The van der Waals surface area contributed by atoms with Gasteiger partial charge in [0.15, 0.2) is 0 Å². The summed E-state index contributed by atoms with van der Waals surface area (Å²) in [5.74, 6) is 0.701. The van der Waals surface area contributed by atoms with Crippen molar-refractivity contribution in [2.24, 2.45) is 0 Å². The van der Waals surface area contributed by atoms with Crippen molar-refractivity contribution in [3.05, 3.63) is 36.7 Å². The quantitative estimate of drug-likeness (QED) is 0.604. The number of aryl methyl sites for hydroxylation is 1. The van der Waals surface area contributed by atoms with E-state index in [2.05, 4.69) is 10.4 Å². The lowest BCUT2D eigenvalue weighted by atomic mass is 10.2. The van der Waals surface area contributed by atoms with Gasteiger partial charge in [-0.1, -0.05) is 6.07 Å². The Bertz CT molecular complexity index is 482. The highest BCUT2D eigenvalue weighted by Crippen LogP contribution is 2.28. The fourth-order valence-electron chi connectivity index (χ4n) is 1.77. The van der Waals surface area contributed by atoms with E-state index >= 15 is 0 Å². The van der Waals surface area contributed by atoms with Crippen LogP contribution in [0.5, 0.6) is 5.75 Å². The topological polar surface area (TPSA) is 65.1 Å². The zero-order chi connectivity index (χ0) is 12.8. The minimum Gasteiger partial charge on any atom is -0.495 e. The van der Waals surface area contributed by atoms with Crippen molar-refractivity contribution >= 4 is 11.4 Å². The van der Waals surface area contributed by atoms with E-state index in [9.17, 15) is 0 Å². The molecule has 3 N–H and O–H groups in total. The maximum absolute atomic E-state index is 5.97. The van der Waals surface area contributed by atoms with Crippen LogP contribution in [0, 0.1) is 0 Å². The average Bonchev–Trinajstić information content (AvgIpc) is 2.89. The van der Waals surface area contributed by atoms with Crippen LogP contribution >= 0.6 is 0 Å². The molecule has 5 heteroatoms. The average molecular weight is 246 g/mol. The predicted molar refractivity (Wildman–Crippen MR) is 72.7 cm³/mol. The van der Waals surface area contributed by atoms with Crippen molar-refractivity contribution < 1.29 is 4.74 Å². The van der Waals surface area contributed by atoms with Crippen LogP contribution in [-0.2, 0) is 6.54 Å². The highest BCUT2D eigenvalue weighted by Gasteiger charge is 2.03. The summed E-state index contributed by atoms with van der Waals surface area (Å²) >= 11 is 0. The Balaban J connectivity index is 1.83. The summed E-state index contributed by atoms with van der Waals surface area (Å²) in [7, 11) is 1.62. The molecule has 0 amide bonds. The summed E-state index contributed by atoms with van der Waals surface area (Å²) in [6, 6.07) is 7.65. The molecule has 0 aliphatic carbocycles. The molecule has 1 aromatic heterocycles. The van der Waals surface area contributed by atoms with Gasteiger partial charge >= 0.3 is 0 Å². The molecule has 5 nitrogen and oxygen atoms in total. The molecule has 0 saturated heterocycles. The van der Waals surface area contributed by atoms with Gasteiger partial charge in [-0.15, -0.1) is 0 Å². The molecular formula is C13H18N4O. The van der Waals surface area contributed by atoms with Gasteiger partial charge in [-0.3, -0.25) is 4.68 Å². The van der Waals surface area contributed by atoms with Crippen molar-refractivity contribution in [3.63, 3.8) is 0 Å². The molecule has 0 saturated carbocycles. The number of benzene rings is 1. The van der Waals surface area contributed by atoms with Gasteiger partial charge in [0.25, 0.3) is 0 Å². The smallest absolute Gasteiger partial charge is 0.143 e. The number of nitrogen functional groups attached to an aromatic ring is 1. The number of anilines is 2. The number of methoxy groups -OCH3 is 1. The molecule has 96 valence electrons. The fraction of sp³-hybridized carbons (Fsp3) is 0.308. The second-order valence-electron chi connectivity index (χ2n) is 3.97. The van der Waals surface area contributed by atoms with Crippen LogP contribution in [0.4, 0.5) is 11.4 Å². The fourth-order valence-corrected chi connectivity index (χ4v) is 1.77. The molecule has 0 unspecified atom stereocenters. The molecule has 0 aliphatic rings. The van der Waals surface area contributed by atoms with Crippen molar-refractivity contribution in [1.82, 2.24) is 9.78 Å². The minimum absolute atomic E-state index is 0.652. The first kappa shape index (κ1) is 12.3. The second-order valence-corrected chi connectivity index (χ2v) is 3.97. The largest absolute Gasteiger partial charge is 0.495 e. The Hall–Kier alpha value is -2.17. The van der Waals surface area contributed by atoms with Crippen molar-refractivity contribution in [1.29, 1.82) is 0 Å². The molecule has 0 bridgehead atoms. The van der Waals surface area contributed by atoms with E-state index in [0.29, 0.717) is 11.4 Å². The third-order valence-corrected chi connectivity index (χ3v) is 2.72. The standard InChI is InChI=1S/C13H18N4O/c1-18-12-6-2-5-11(13(12)14)15-7-3-9-17-10-4-8-16-17/h2,4-6,8,10,15H,3,7,9,14H2,1H3. The van der Waals surface area contributed by atoms with E-state index in [1.165, 1.54) is 0 Å². The maximum atomic E-state index is 5.97. The van der Waals surface area contributed by atoms with E-state index in [1.54, 1.807) is 13.3 Å². The van der Waals surface area contributed by atoms with Gasteiger partial charge in [0.1, 0.15) is 5.75 Å². The third kappa shape index (κ3) is 2.94. The minimum atomic E-state index is 0.652. The zero-order valence-corrected chi connectivity index (χ0v) is 10.5. The number of nitrogens with one attached hydrogen (secondary N) is 1. The summed E-state index contributed by atoms with van der Waals surface area (Å²) < 4.78 is 7.09. The lowest BCUT2D eigenvalue weighted by Crippen LogP contribution is -2.08. The SMILES string of the molecule is COc1cccc(NCCCn2cccn2)c1N. The Morgan fingerprint density at radius 1 is 1.39 bits per heavy atom. The second kappa shape index (κ2) is 5.95. The van der Waals surface area contributed by atoms with Crippen LogP contribution < -0.4 is 15.8 Å². The van der Waals surface area contributed by atoms with Crippen LogP contribution in [0.3, 0.4) is 0 Å². The van der Waals surface area contributed by atoms with E-state index in [-0.39, 0.29) is 0 Å². The maximum Gasteiger partial charge on any atom is 0.143 e. The summed E-state index contributed by atoms with van der Waals surface area (Å²) in [5, 5.41) is 7.45. The Labute approximate surface area is 107 Å². The third-order valence-electron chi connectivity index (χ3n) is 2.72. The van der Waals surface area contributed by atoms with Crippen molar-refractivity contribution in [2.75, 3.05) is 24.7 Å². The number of nitrogens with zero attached hydrogens (tertiary/aromatic N) is 2. The van der Waals surface area contributed by atoms with E-state index in [1.807, 2.05) is 35.1 Å². The first-order valence-corrected chi connectivity index (χ1v) is 5.95. The molecule has 18 heavy (non-hydrogen) atoms. The Kier molecular flexibility index (Phi) is 4.06. The highest BCUT2D eigenvalue weighted by molar-refractivity contribution is 5.72. The molecule has 0 aliphatic heterocycles. The molecule has 2 rings (SSSR count). The number of para-hydroxylation sites is 1. The lowest BCUT2D eigenvalue weighted by molar-refractivity contribution is 0.417. The Morgan fingerprint density at radius 3 is 3.00 bits per heavy atom. The monoisotopic (exact) mass is 246 g/mol. The van der Waals surface area contributed by atoms with E-state index < -0.39 is 0 Å². The van der Waals surface area contributed by atoms with Crippen LogP contribution in [0.1, 0.15) is 6.42 Å². The predicted octanol–water partition coefficient (Wildman–Crippen LogP) is 1.98. The molecular weight excluding hydrogens is 228 g/mol. The normalized spacial score (nSPS) is 10.3. The molecule has 0 fully saturated rings. The first-order chi connectivity index (χ1) is 8.81. The summed E-state index contributed by atoms with van der Waals surface area (Å²) in [6.45, 7) is 1.74. The van der Waals surface area contributed by atoms with Crippen LogP contribution in [0.15, 0.2) is 36.7 Å². The van der Waals surface area contributed by atoms with Crippen LogP contribution in [-0.4, -0.2) is 23.4 Å². The number of hydrogen-bond donors (Lipinski definition) is 2. The van der Waals surface area contributed by atoms with Crippen molar-refractivity contribution in [2.45, 2.75) is 13.0 Å². The summed E-state index contributed by atoms with van der Waals surface area (Å²) in [4.78, 5) is 0. The molecule has 2 aromatic rings. The number of rotatable bonds is 6. The summed E-state index contributed by atoms with van der Waals surface area (Å²) in [5.41, 5.74) is 7.53. The van der Waals surface area contributed by atoms with Gasteiger partial charge in [0.05, 0.1) is 18.5 Å². The van der Waals surface area contributed by atoms with E-state index in [0.717, 1.165) is 25.2 Å². The van der Waals surface area contributed by atoms with E-state index in [4.69, 9.17) is 10.5 Å². The number of ether oxygens (including phenoxy) is 1. The van der Waals surface area contributed by atoms with Gasteiger partial charge in [0.2, 0.25) is 0 Å².